The Hall–Kier alpha value is -3.22. The zero-order valence-electron chi connectivity index (χ0n) is 19.8. The molecule has 0 radical (unpaired) electrons. The second-order valence-corrected chi connectivity index (χ2v) is 8.48. The van der Waals surface area contributed by atoms with E-state index in [4.69, 9.17) is 0 Å². The quantitative estimate of drug-likeness (QED) is 0.270. The summed E-state index contributed by atoms with van der Waals surface area (Å²) >= 11 is 0. The van der Waals surface area contributed by atoms with Crippen LogP contribution in [0.3, 0.4) is 0 Å². The lowest BCUT2D eigenvalue weighted by molar-refractivity contribution is 0.667. The van der Waals surface area contributed by atoms with E-state index in [1.165, 1.54) is 43.2 Å². The Kier molecular flexibility index (Phi) is 9.22. The van der Waals surface area contributed by atoms with Gasteiger partial charge in [-0.05, 0) is 85.3 Å². The lowest BCUT2D eigenvalue weighted by atomic mass is 10.0. The standard InChI is InChI=1S/C32H34/c1-4-6-7-8-10-28-13-17-30(18-14-28)21-23-32-24-22-31(25-26(32)3)20-19-29-15-11-27(9-5-2)12-16-29/h11-18,22,24-25H,4-10H2,1-3H3. The maximum absolute atomic E-state index is 3.33. The topological polar surface area (TPSA) is 0 Å². The largest absolute Gasteiger partial charge is 0.0654 e. The van der Waals surface area contributed by atoms with Crippen LogP contribution in [0.25, 0.3) is 0 Å². The van der Waals surface area contributed by atoms with E-state index >= 15 is 0 Å². The number of hydrogen-bond donors (Lipinski definition) is 0. The fourth-order valence-corrected chi connectivity index (χ4v) is 3.72. The van der Waals surface area contributed by atoms with E-state index in [2.05, 4.69) is 111 Å². The third kappa shape index (κ3) is 7.48. The minimum Gasteiger partial charge on any atom is -0.0654 e. The number of benzene rings is 3. The molecule has 0 unspecified atom stereocenters. The van der Waals surface area contributed by atoms with Crippen molar-refractivity contribution >= 4 is 0 Å². The SMILES string of the molecule is CCCCCCc1ccc(C#Cc2ccc(C#Cc3ccc(CCC)cc3)cc2C)cc1. The van der Waals surface area contributed by atoms with Crippen LogP contribution >= 0.6 is 0 Å². The third-order valence-electron chi connectivity index (χ3n) is 5.68. The van der Waals surface area contributed by atoms with Crippen molar-refractivity contribution in [2.24, 2.45) is 0 Å². The van der Waals surface area contributed by atoms with Gasteiger partial charge in [-0.1, -0.05) is 87.5 Å². The highest BCUT2D eigenvalue weighted by atomic mass is 14.0. The molecular weight excluding hydrogens is 384 g/mol. The van der Waals surface area contributed by atoms with Gasteiger partial charge in [-0.25, -0.2) is 0 Å². The summed E-state index contributed by atoms with van der Waals surface area (Å²) in [7, 11) is 0. The number of hydrogen-bond acceptors (Lipinski definition) is 0. The zero-order chi connectivity index (χ0) is 22.6. The van der Waals surface area contributed by atoms with Gasteiger partial charge in [-0.3, -0.25) is 0 Å². The molecule has 3 rings (SSSR count). The molecule has 0 aliphatic carbocycles. The summed E-state index contributed by atoms with van der Waals surface area (Å²) in [6.45, 7) is 6.56. The number of rotatable bonds is 7. The zero-order valence-corrected chi connectivity index (χ0v) is 19.8. The van der Waals surface area contributed by atoms with Crippen molar-refractivity contribution in [3.63, 3.8) is 0 Å². The molecule has 0 saturated carbocycles. The van der Waals surface area contributed by atoms with Crippen molar-refractivity contribution in [1.82, 2.24) is 0 Å². The Balaban J connectivity index is 1.62. The first-order valence-corrected chi connectivity index (χ1v) is 12.0. The van der Waals surface area contributed by atoms with Crippen LogP contribution in [0.4, 0.5) is 0 Å². The van der Waals surface area contributed by atoms with Crippen LogP contribution in [0.1, 0.15) is 84.9 Å². The van der Waals surface area contributed by atoms with E-state index in [9.17, 15) is 0 Å². The Morgan fingerprint density at radius 2 is 1.09 bits per heavy atom. The molecule has 0 fully saturated rings. The summed E-state index contributed by atoms with van der Waals surface area (Å²) in [5, 5.41) is 0. The van der Waals surface area contributed by atoms with Crippen LogP contribution in [0.2, 0.25) is 0 Å². The van der Waals surface area contributed by atoms with Crippen LogP contribution in [-0.4, -0.2) is 0 Å². The summed E-state index contributed by atoms with van der Waals surface area (Å²) in [6.07, 6.45) is 8.68. The second kappa shape index (κ2) is 12.6. The van der Waals surface area contributed by atoms with E-state index in [1.807, 2.05) is 0 Å². The monoisotopic (exact) mass is 418 g/mol. The van der Waals surface area contributed by atoms with Crippen LogP contribution in [0.15, 0.2) is 66.7 Å². The summed E-state index contributed by atoms with van der Waals surface area (Å²) in [4.78, 5) is 0. The van der Waals surface area contributed by atoms with Gasteiger partial charge in [0.25, 0.3) is 0 Å². The molecule has 0 spiro atoms. The van der Waals surface area contributed by atoms with Gasteiger partial charge >= 0.3 is 0 Å². The van der Waals surface area contributed by atoms with E-state index < -0.39 is 0 Å². The van der Waals surface area contributed by atoms with Crippen LogP contribution in [0, 0.1) is 30.6 Å². The van der Waals surface area contributed by atoms with Gasteiger partial charge in [0, 0.05) is 22.3 Å². The Labute approximate surface area is 195 Å². The van der Waals surface area contributed by atoms with Gasteiger partial charge in [0.05, 0.1) is 0 Å². The molecule has 0 aromatic heterocycles. The van der Waals surface area contributed by atoms with Gasteiger partial charge in [0.1, 0.15) is 0 Å². The predicted molar refractivity (Wildman–Crippen MR) is 138 cm³/mol. The summed E-state index contributed by atoms with van der Waals surface area (Å²) < 4.78 is 0. The smallest absolute Gasteiger partial charge is 0.0279 e. The normalized spacial score (nSPS) is 10.1. The molecule has 0 atom stereocenters. The highest BCUT2D eigenvalue weighted by molar-refractivity contribution is 5.51. The molecule has 32 heavy (non-hydrogen) atoms. The molecule has 0 heteroatoms. The molecule has 0 saturated heterocycles. The van der Waals surface area contributed by atoms with Crippen molar-refractivity contribution in [1.29, 1.82) is 0 Å². The molecule has 0 aliphatic rings. The minimum atomic E-state index is 1.03. The maximum Gasteiger partial charge on any atom is 0.0279 e. The summed E-state index contributed by atoms with van der Waals surface area (Å²) in [5.41, 5.74) is 8.15. The predicted octanol–water partition coefficient (Wildman–Crippen LogP) is 7.87. The average Bonchev–Trinajstić information content (AvgIpc) is 2.82. The first-order valence-electron chi connectivity index (χ1n) is 12.0. The molecular formula is C32H34. The van der Waals surface area contributed by atoms with Crippen molar-refractivity contribution in [2.75, 3.05) is 0 Å². The minimum absolute atomic E-state index is 1.03. The second-order valence-electron chi connectivity index (χ2n) is 8.48. The Bertz CT molecular complexity index is 1110. The van der Waals surface area contributed by atoms with E-state index in [1.54, 1.807) is 0 Å². The van der Waals surface area contributed by atoms with E-state index in [0.29, 0.717) is 0 Å². The number of unbranched alkanes of at least 4 members (excludes halogenated alkanes) is 3. The molecule has 3 aromatic rings. The number of aryl methyl sites for hydroxylation is 3. The molecule has 0 heterocycles. The van der Waals surface area contributed by atoms with Gasteiger partial charge < -0.3 is 0 Å². The van der Waals surface area contributed by atoms with Crippen molar-refractivity contribution < 1.29 is 0 Å². The van der Waals surface area contributed by atoms with E-state index in [0.717, 1.165) is 40.7 Å². The Morgan fingerprint density at radius 3 is 1.69 bits per heavy atom. The lowest BCUT2D eigenvalue weighted by Gasteiger charge is -2.01. The molecule has 0 aliphatic heterocycles. The van der Waals surface area contributed by atoms with Crippen molar-refractivity contribution in [3.8, 4) is 23.7 Å². The molecule has 0 amide bonds. The average molecular weight is 419 g/mol. The van der Waals surface area contributed by atoms with Gasteiger partial charge in [-0.2, -0.15) is 0 Å². The van der Waals surface area contributed by atoms with Gasteiger partial charge in [0.15, 0.2) is 0 Å². The van der Waals surface area contributed by atoms with E-state index in [-0.39, 0.29) is 0 Å². The summed E-state index contributed by atoms with van der Waals surface area (Å²) in [5.74, 6) is 13.2. The molecule has 0 bridgehead atoms. The Morgan fingerprint density at radius 1 is 0.531 bits per heavy atom. The third-order valence-corrected chi connectivity index (χ3v) is 5.68. The summed E-state index contributed by atoms with van der Waals surface area (Å²) in [6, 6.07) is 23.6. The van der Waals surface area contributed by atoms with Gasteiger partial charge in [0.2, 0.25) is 0 Å². The van der Waals surface area contributed by atoms with Gasteiger partial charge in [-0.15, -0.1) is 0 Å². The molecule has 0 N–H and O–H groups in total. The first kappa shape index (κ1) is 23.4. The fraction of sp³-hybridized carbons (Fsp3) is 0.312. The maximum atomic E-state index is 3.33. The fourth-order valence-electron chi connectivity index (χ4n) is 3.72. The van der Waals surface area contributed by atoms with Crippen molar-refractivity contribution in [3.05, 3.63) is 106 Å². The highest BCUT2D eigenvalue weighted by Gasteiger charge is 1.98. The van der Waals surface area contributed by atoms with Crippen molar-refractivity contribution in [2.45, 2.75) is 65.7 Å². The highest BCUT2D eigenvalue weighted by Crippen LogP contribution is 2.12. The van der Waals surface area contributed by atoms with Crippen LogP contribution < -0.4 is 0 Å². The molecule has 0 nitrogen and oxygen atoms in total. The molecule has 3 aromatic carbocycles. The lowest BCUT2D eigenvalue weighted by Crippen LogP contribution is -1.87. The van der Waals surface area contributed by atoms with Crippen LogP contribution in [0.5, 0.6) is 0 Å². The molecule has 162 valence electrons. The van der Waals surface area contributed by atoms with Crippen LogP contribution in [-0.2, 0) is 12.8 Å². The first-order chi connectivity index (χ1) is 15.7.